The summed E-state index contributed by atoms with van der Waals surface area (Å²) in [5, 5.41) is 9.21. The average Bonchev–Trinajstić information content (AvgIpc) is 2.38. The highest BCUT2D eigenvalue weighted by Gasteiger charge is 2.21. The van der Waals surface area contributed by atoms with E-state index in [1.807, 2.05) is 13.0 Å². The van der Waals surface area contributed by atoms with Crippen molar-refractivity contribution < 1.29 is 9.90 Å². The zero-order valence-corrected chi connectivity index (χ0v) is 10.1. The van der Waals surface area contributed by atoms with Crippen LogP contribution in [0.2, 0.25) is 0 Å². The minimum atomic E-state index is 0.238. The molecule has 1 aromatic heterocycles. The molecule has 1 saturated heterocycles. The molecule has 0 aromatic carbocycles. The summed E-state index contributed by atoms with van der Waals surface area (Å²) in [4.78, 5) is 17.2. The molecule has 92 valence electrons. The second-order valence-corrected chi connectivity index (χ2v) is 4.66. The van der Waals surface area contributed by atoms with Crippen LogP contribution in [0.25, 0.3) is 0 Å². The van der Waals surface area contributed by atoms with Crippen LogP contribution in [0, 0.1) is 12.8 Å². The number of hydrogen-bond acceptors (Lipinski definition) is 4. The first-order chi connectivity index (χ1) is 8.24. The lowest BCUT2D eigenvalue weighted by atomic mass is 9.98. The Kier molecular flexibility index (Phi) is 3.74. The molecular formula is C13H18N2O2. The molecule has 1 fully saturated rings. The van der Waals surface area contributed by atoms with E-state index in [-0.39, 0.29) is 6.61 Å². The smallest absolute Gasteiger partial charge is 0.151 e. The number of anilines is 1. The molecule has 1 aliphatic rings. The zero-order chi connectivity index (χ0) is 12.3. The van der Waals surface area contributed by atoms with Crippen molar-refractivity contribution in [1.82, 2.24) is 4.98 Å². The third-order valence-electron chi connectivity index (χ3n) is 3.28. The van der Waals surface area contributed by atoms with Gasteiger partial charge in [0.2, 0.25) is 0 Å². The topological polar surface area (TPSA) is 53.4 Å². The molecular weight excluding hydrogens is 216 g/mol. The Labute approximate surface area is 101 Å². The maximum atomic E-state index is 10.7. The fraction of sp³-hybridized carbons (Fsp3) is 0.538. The molecule has 2 rings (SSSR count). The Morgan fingerprint density at radius 3 is 3.12 bits per heavy atom. The number of aryl methyl sites for hydroxylation is 1. The number of aldehydes is 1. The monoisotopic (exact) mass is 234 g/mol. The molecule has 2 heterocycles. The van der Waals surface area contributed by atoms with Crippen LogP contribution in [0.3, 0.4) is 0 Å². The standard InChI is InChI=1S/C13H18N2O2/c1-10-5-12(9-17)6-14-13(10)15-4-2-3-11(7-15)8-16/h5-6,9,11,16H,2-4,7-8H2,1H3. The van der Waals surface area contributed by atoms with Gasteiger partial charge in [-0.1, -0.05) is 0 Å². The molecule has 1 N–H and O–H groups in total. The Morgan fingerprint density at radius 2 is 2.47 bits per heavy atom. The van der Waals surface area contributed by atoms with Gasteiger partial charge >= 0.3 is 0 Å². The Hall–Kier alpha value is -1.42. The highest BCUT2D eigenvalue weighted by molar-refractivity contribution is 5.75. The number of carbonyl (C=O) groups is 1. The molecule has 0 amide bonds. The van der Waals surface area contributed by atoms with Gasteiger partial charge in [-0.3, -0.25) is 4.79 Å². The van der Waals surface area contributed by atoms with Gasteiger partial charge in [0.25, 0.3) is 0 Å². The lowest BCUT2D eigenvalue weighted by Crippen LogP contribution is -2.37. The van der Waals surface area contributed by atoms with Crippen LogP contribution in [0.15, 0.2) is 12.3 Å². The van der Waals surface area contributed by atoms with E-state index in [0.29, 0.717) is 11.5 Å². The molecule has 1 aromatic rings. The highest BCUT2D eigenvalue weighted by Crippen LogP contribution is 2.24. The summed E-state index contributed by atoms with van der Waals surface area (Å²) in [7, 11) is 0. The Morgan fingerprint density at radius 1 is 1.65 bits per heavy atom. The van der Waals surface area contributed by atoms with E-state index in [4.69, 9.17) is 0 Å². The summed E-state index contributed by atoms with van der Waals surface area (Å²) in [6, 6.07) is 1.86. The van der Waals surface area contributed by atoms with Gasteiger partial charge in [0.15, 0.2) is 6.29 Å². The second kappa shape index (κ2) is 5.27. The quantitative estimate of drug-likeness (QED) is 0.803. The van der Waals surface area contributed by atoms with Crippen molar-refractivity contribution in [3.63, 3.8) is 0 Å². The van der Waals surface area contributed by atoms with Gasteiger partial charge in [0.05, 0.1) is 0 Å². The molecule has 4 heteroatoms. The van der Waals surface area contributed by atoms with Gasteiger partial charge < -0.3 is 10.0 Å². The zero-order valence-electron chi connectivity index (χ0n) is 10.1. The first-order valence-electron chi connectivity index (χ1n) is 6.02. The molecule has 0 aliphatic carbocycles. The fourth-order valence-electron chi connectivity index (χ4n) is 2.39. The van der Waals surface area contributed by atoms with Crippen LogP contribution in [-0.2, 0) is 0 Å². The van der Waals surface area contributed by atoms with Crippen molar-refractivity contribution in [3.05, 3.63) is 23.4 Å². The second-order valence-electron chi connectivity index (χ2n) is 4.66. The summed E-state index contributed by atoms with van der Waals surface area (Å²) < 4.78 is 0. The number of rotatable bonds is 3. The van der Waals surface area contributed by atoms with E-state index in [1.165, 1.54) is 0 Å². The summed E-state index contributed by atoms with van der Waals surface area (Å²) in [5.41, 5.74) is 1.63. The Balaban J connectivity index is 2.18. The van der Waals surface area contributed by atoms with Gasteiger partial charge in [0, 0.05) is 31.5 Å². The first-order valence-corrected chi connectivity index (χ1v) is 6.02. The third-order valence-corrected chi connectivity index (χ3v) is 3.28. The molecule has 4 nitrogen and oxygen atoms in total. The van der Waals surface area contributed by atoms with Crippen LogP contribution in [0.1, 0.15) is 28.8 Å². The molecule has 0 saturated carbocycles. The first kappa shape index (κ1) is 12.0. The molecule has 17 heavy (non-hydrogen) atoms. The van der Waals surface area contributed by atoms with Crippen LogP contribution < -0.4 is 4.90 Å². The number of aliphatic hydroxyl groups excluding tert-OH is 1. The lowest BCUT2D eigenvalue weighted by molar-refractivity contribution is 0.112. The fourth-order valence-corrected chi connectivity index (χ4v) is 2.39. The van der Waals surface area contributed by atoms with Gasteiger partial charge in [-0.2, -0.15) is 0 Å². The van der Waals surface area contributed by atoms with Crippen molar-refractivity contribution in [1.29, 1.82) is 0 Å². The van der Waals surface area contributed by atoms with Gasteiger partial charge in [0.1, 0.15) is 5.82 Å². The minimum Gasteiger partial charge on any atom is -0.396 e. The van der Waals surface area contributed by atoms with Gasteiger partial charge in [-0.05, 0) is 37.3 Å². The number of nitrogens with zero attached hydrogens (tertiary/aromatic N) is 2. The van der Waals surface area contributed by atoms with E-state index in [9.17, 15) is 9.90 Å². The van der Waals surface area contributed by atoms with Crippen molar-refractivity contribution in [2.24, 2.45) is 5.92 Å². The summed E-state index contributed by atoms with van der Waals surface area (Å²) in [5.74, 6) is 1.28. The number of piperidine rings is 1. The Bertz CT molecular complexity index is 406. The summed E-state index contributed by atoms with van der Waals surface area (Å²) >= 11 is 0. The van der Waals surface area contributed by atoms with Crippen LogP contribution in [-0.4, -0.2) is 36.1 Å². The highest BCUT2D eigenvalue weighted by atomic mass is 16.3. The van der Waals surface area contributed by atoms with E-state index < -0.39 is 0 Å². The van der Waals surface area contributed by atoms with E-state index in [2.05, 4.69) is 9.88 Å². The maximum Gasteiger partial charge on any atom is 0.151 e. The van der Waals surface area contributed by atoms with Crippen molar-refractivity contribution in [3.8, 4) is 0 Å². The molecule has 1 unspecified atom stereocenters. The number of carbonyl (C=O) groups excluding carboxylic acids is 1. The molecule has 1 aliphatic heterocycles. The summed E-state index contributed by atoms with van der Waals surface area (Å²) in [6.45, 7) is 4.04. The minimum absolute atomic E-state index is 0.238. The number of hydrogen-bond donors (Lipinski definition) is 1. The van der Waals surface area contributed by atoms with Gasteiger partial charge in [-0.15, -0.1) is 0 Å². The van der Waals surface area contributed by atoms with Crippen molar-refractivity contribution in [2.75, 3.05) is 24.6 Å². The predicted molar refractivity (Wildman–Crippen MR) is 66.4 cm³/mol. The molecule has 0 bridgehead atoms. The number of pyridine rings is 1. The largest absolute Gasteiger partial charge is 0.396 e. The van der Waals surface area contributed by atoms with E-state index >= 15 is 0 Å². The maximum absolute atomic E-state index is 10.7. The lowest BCUT2D eigenvalue weighted by Gasteiger charge is -2.33. The van der Waals surface area contributed by atoms with Gasteiger partial charge in [-0.25, -0.2) is 4.98 Å². The van der Waals surface area contributed by atoms with Crippen LogP contribution in [0.4, 0.5) is 5.82 Å². The molecule has 0 spiro atoms. The normalized spacial score (nSPS) is 20.4. The third kappa shape index (κ3) is 2.64. The van der Waals surface area contributed by atoms with Crippen LogP contribution in [0.5, 0.6) is 0 Å². The molecule has 1 atom stereocenters. The SMILES string of the molecule is Cc1cc(C=O)cnc1N1CCCC(CO)C1. The van der Waals surface area contributed by atoms with Crippen molar-refractivity contribution in [2.45, 2.75) is 19.8 Å². The number of aromatic nitrogens is 1. The predicted octanol–water partition coefficient (Wildman–Crippen LogP) is 1.41. The summed E-state index contributed by atoms with van der Waals surface area (Å²) in [6.07, 6.45) is 4.59. The average molecular weight is 234 g/mol. The van der Waals surface area contributed by atoms with E-state index in [0.717, 1.165) is 43.6 Å². The van der Waals surface area contributed by atoms with Crippen molar-refractivity contribution >= 4 is 12.1 Å². The molecule has 0 radical (unpaired) electrons. The van der Waals surface area contributed by atoms with E-state index in [1.54, 1.807) is 6.20 Å². The number of aliphatic hydroxyl groups is 1. The van der Waals surface area contributed by atoms with Crippen LogP contribution >= 0.6 is 0 Å².